The minimum Gasteiger partial charge on any atom is -0.458 e. The zero-order chi connectivity index (χ0) is 23.3. The van der Waals surface area contributed by atoms with E-state index in [9.17, 15) is 15.0 Å². The monoisotopic (exact) mass is 444 g/mol. The number of carbonyl (C=O) groups excluding carboxylic acids is 1. The van der Waals surface area contributed by atoms with E-state index in [0.29, 0.717) is 12.3 Å². The Kier molecular flexibility index (Phi) is 8.35. The number of hydrogen-bond donors (Lipinski definition) is 2. The highest BCUT2D eigenvalue weighted by molar-refractivity contribution is 5.71. The fourth-order valence-electron chi connectivity index (χ4n) is 4.40. The fraction of sp³-hybridized carbons (Fsp3) is 0.654. The minimum atomic E-state index is -1.77. The van der Waals surface area contributed by atoms with Gasteiger partial charge in [-0.1, -0.05) is 49.5 Å². The average Bonchev–Trinajstić information content (AvgIpc) is 3.54. The van der Waals surface area contributed by atoms with Crippen molar-refractivity contribution in [3.63, 3.8) is 0 Å². The normalized spacial score (nSPS) is 40.6. The summed E-state index contributed by atoms with van der Waals surface area (Å²) in [7, 11) is 1.64. The standard InChI is InChI=1S/C26H36O6/c1-17-13-21(10-8-6-5-7-9-20-11-12-20)31-24(28)16-26(29)15-22(27)18(2)25(32-26)19(3)23(14-17)30-4/h5-6,8,10,14,18-23,25,27,29H,11-13,15-16H2,1-4H3/b6-5+,10-8+,17-14+/t18-,19-,21+,22+,23-,25-,26+/m1/s1. The number of hydrogen-bond acceptors (Lipinski definition) is 6. The van der Waals surface area contributed by atoms with E-state index < -0.39 is 30.1 Å². The molecular weight excluding hydrogens is 408 g/mol. The first-order valence-electron chi connectivity index (χ1n) is 11.5. The van der Waals surface area contributed by atoms with Gasteiger partial charge in [0.25, 0.3) is 0 Å². The van der Waals surface area contributed by atoms with Crippen LogP contribution in [0.25, 0.3) is 0 Å². The van der Waals surface area contributed by atoms with Crippen molar-refractivity contribution in [1.82, 2.24) is 0 Å². The van der Waals surface area contributed by atoms with E-state index in [2.05, 4.69) is 11.8 Å². The van der Waals surface area contributed by atoms with Gasteiger partial charge in [0, 0.05) is 37.7 Å². The molecule has 0 unspecified atom stereocenters. The molecule has 176 valence electrons. The van der Waals surface area contributed by atoms with Crippen LogP contribution in [0.1, 0.15) is 52.9 Å². The molecule has 0 spiro atoms. The summed E-state index contributed by atoms with van der Waals surface area (Å²) in [5.41, 5.74) is 1.02. The molecule has 0 radical (unpaired) electrons. The molecule has 1 aliphatic carbocycles. The Bertz CT molecular complexity index is 814. The second-order valence-electron chi connectivity index (χ2n) is 9.45. The van der Waals surface area contributed by atoms with Crippen LogP contribution in [-0.2, 0) is 19.0 Å². The van der Waals surface area contributed by atoms with Crippen LogP contribution in [0.3, 0.4) is 0 Å². The Labute approximate surface area is 191 Å². The van der Waals surface area contributed by atoms with E-state index in [4.69, 9.17) is 14.2 Å². The van der Waals surface area contributed by atoms with E-state index in [0.717, 1.165) is 5.57 Å². The van der Waals surface area contributed by atoms with E-state index in [1.807, 2.05) is 45.1 Å². The van der Waals surface area contributed by atoms with Gasteiger partial charge in [0.2, 0.25) is 0 Å². The van der Waals surface area contributed by atoms with Gasteiger partial charge in [-0.15, -0.1) is 0 Å². The SMILES string of the molecule is CO[C@@H]1/C=C(\C)C[C@H](/C=C/C=C/C#CC2CC2)OC(=O)C[C@]2(O)C[C@H](O)[C@@H](C)[C@@H](O2)[C@@H]1C. The summed E-state index contributed by atoms with van der Waals surface area (Å²) in [6, 6.07) is 0. The fourth-order valence-corrected chi connectivity index (χ4v) is 4.40. The van der Waals surface area contributed by atoms with Gasteiger partial charge in [-0.05, 0) is 31.9 Å². The van der Waals surface area contributed by atoms with Crippen molar-refractivity contribution in [1.29, 1.82) is 0 Å². The zero-order valence-electron chi connectivity index (χ0n) is 19.5. The van der Waals surface area contributed by atoms with Crippen LogP contribution < -0.4 is 0 Å². The summed E-state index contributed by atoms with van der Waals surface area (Å²) in [4.78, 5) is 12.7. The van der Waals surface area contributed by atoms with E-state index >= 15 is 0 Å². The molecule has 2 N–H and O–H groups in total. The highest BCUT2D eigenvalue weighted by atomic mass is 16.6. The number of aliphatic hydroxyl groups is 2. The van der Waals surface area contributed by atoms with Gasteiger partial charge in [-0.3, -0.25) is 4.79 Å². The molecule has 2 fully saturated rings. The lowest BCUT2D eigenvalue weighted by Crippen LogP contribution is -2.55. The number of aliphatic hydroxyl groups excluding tert-OH is 1. The lowest BCUT2D eigenvalue weighted by Gasteiger charge is -2.46. The number of rotatable bonds is 3. The van der Waals surface area contributed by atoms with Crippen LogP contribution in [-0.4, -0.2) is 53.5 Å². The molecule has 3 aliphatic rings. The van der Waals surface area contributed by atoms with Gasteiger partial charge in [0.15, 0.2) is 5.79 Å². The lowest BCUT2D eigenvalue weighted by atomic mass is 9.80. The highest BCUT2D eigenvalue weighted by Gasteiger charge is 2.48. The molecule has 2 aliphatic heterocycles. The van der Waals surface area contributed by atoms with Gasteiger partial charge in [-0.2, -0.15) is 0 Å². The third-order valence-electron chi connectivity index (χ3n) is 6.47. The first kappa shape index (κ1) is 24.7. The lowest BCUT2D eigenvalue weighted by molar-refractivity contribution is -0.301. The molecule has 32 heavy (non-hydrogen) atoms. The third kappa shape index (κ3) is 6.79. The number of allylic oxidation sites excluding steroid dienone is 3. The summed E-state index contributed by atoms with van der Waals surface area (Å²) in [5, 5.41) is 21.6. The number of carbonyl (C=O) groups is 1. The quantitative estimate of drug-likeness (QED) is 0.301. The Balaban J connectivity index is 1.81. The van der Waals surface area contributed by atoms with Gasteiger partial charge in [0.05, 0.1) is 24.7 Å². The molecule has 6 heteroatoms. The van der Waals surface area contributed by atoms with Crippen molar-refractivity contribution < 1.29 is 29.2 Å². The molecule has 7 atom stereocenters. The van der Waals surface area contributed by atoms with Gasteiger partial charge in [0.1, 0.15) is 6.10 Å². The Morgan fingerprint density at radius 2 is 2.00 bits per heavy atom. The van der Waals surface area contributed by atoms with Crippen LogP contribution in [0.2, 0.25) is 0 Å². The minimum absolute atomic E-state index is 0.0398. The number of methoxy groups -OCH3 is 1. The smallest absolute Gasteiger partial charge is 0.311 e. The molecule has 2 bridgehead atoms. The van der Waals surface area contributed by atoms with Crippen molar-refractivity contribution in [2.75, 3.05) is 7.11 Å². The van der Waals surface area contributed by atoms with Crippen molar-refractivity contribution in [2.24, 2.45) is 17.8 Å². The van der Waals surface area contributed by atoms with Crippen molar-refractivity contribution in [2.45, 2.75) is 83.1 Å². The Morgan fingerprint density at radius 1 is 1.25 bits per heavy atom. The second kappa shape index (κ2) is 10.8. The second-order valence-corrected chi connectivity index (χ2v) is 9.45. The van der Waals surface area contributed by atoms with E-state index in [-0.39, 0.29) is 30.8 Å². The van der Waals surface area contributed by atoms with Crippen LogP contribution in [0.5, 0.6) is 0 Å². The van der Waals surface area contributed by atoms with Crippen LogP contribution >= 0.6 is 0 Å². The maximum absolute atomic E-state index is 12.7. The Hall–Kier alpha value is -1.91. The van der Waals surface area contributed by atoms with Crippen LogP contribution in [0, 0.1) is 29.6 Å². The topological polar surface area (TPSA) is 85.2 Å². The van der Waals surface area contributed by atoms with Crippen molar-refractivity contribution in [3.8, 4) is 11.8 Å². The summed E-state index contributed by atoms with van der Waals surface area (Å²) >= 11 is 0. The molecule has 0 aromatic carbocycles. The summed E-state index contributed by atoms with van der Waals surface area (Å²) < 4.78 is 17.4. The number of cyclic esters (lactones) is 1. The molecule has 0 aromatic rings. The van der Waals surface area contributed by atoms with Gasteiger partial charge >= 0.3 is 5.97 Å². The molecular formula is C26H36O6. The summed E-state index contributed by atoms with van der Waals surface area (Å²) in [6.45, 7) is 5.85. The molecule has 2 heterocycles. The third-order valence-corrected chi connectivity index (χ3v) is 6.47. The van der Waals surface area contributed by atoms with Crippen molar-refractivity contribution in [3.05, 3.63) is 36.0 Å². The molecule has 6 nitrogen and oxygen atoms in total. The average molecular weight is 445 g/mol. The maximum atomic E-state index is 12.7. The first-order chi connectivity index (χ1) is 15.2. The number of esters is 1. The molecule has 1 saturated heterocycles. The van der Waals surface area contributed by atoms with Gasteiger partial charge < -0.3 is 24.4 Å². The molecule has 3 rings (SSSR count). The van der Waals surface area contributed by atoms with Crippen LogP contribution in [0.4, 0.5) is 0 Å². The predicted octanol–water partition coefficient (Wildman–Crippen LogP) is 3.29. The van der Waals surface area contributed by atoms with Crippen molar-refractivity contribution >= 4 is 5.97 Å². The summed E-state index contributed by atoms with van der Waals surface area (Å²) in [5.74, 6) is 4.05. The highest BCUT2D eigenvalue weighted by Crippen LogP contribution is 2.38. The Morgan fingerprint density at radius 3 is 2.69 bits per heavy atom. The molecule has 1 saturated carbocycles. The van der Waals surface area contributed by atoms with Crippen LogP contribution in [0.15, 0.2) is 36.0 Å². The molecule has 0 amide bonds. The zero-order valence-corrected chi connectivity index (χ0v) is 19.5. The van der Waals surface area contributed by atoms with E-state index in [1.54, 1.807) is 13.2 Å². The largest absolute Gasteiger partial charge is 0.458 e. The number of ether oxygens (including phenoxy) is 3. The summed E-state index contributed by atoms with van der Waals surface area (Å²) in [6.07, 6.45) is 9.74. The van der Waals surface area contributed by atoms with Gasteiger partial charge in [-0.25, -0.2) is 0 Å². The first-order valence-corrected chi connectivity index (χ1v) is 11.5. The number of fused-ring (bicyclic) bond motifs is 2. The maximum Gasteiger partial charge on any atom is 0.311 e. The predicted molar refractivity (Wildman–Crippen MR) is 121 cm³/mol. The molecule has 0 aromatic heterocycles. The van der Waals surface area contributed by atoms with E-state index in [1.165, 1.54) is 12.8 Å².